The van der Waals surface area contributed by atoms with Crippen molar-refractivity contribution in [3.05, 3.63) is 0 Å². The predicted octanol–water partition coefficient (Wildman–Crippen LogP) is 2.80. The second-order valence-corrected chi connectivity index (χ2v) is 5.64. The van der Waals surface area contributed by atoms with Crippen molar-refractivity contribution in [1.82, 2.24) is 4.90 Å². The van der Waals surface area contributed by atoms with E-state index in [1.165, 1.54) is 51.6 Å². The van der Waals surface area contributed by atoms with Gasteiger partial charge in [0.1, 0.15) is 0 Å². The highest BCUT2D eigenvalue weighted by Crippen LogP contribution is 2.36. The Morgan fingerprint density at radius 3 is 2.88 bits per heavy atom. The lowest BCUT2D eigenvalue weighted by Crippen LogP contribution is -2.35. The number of likely N-dealkylation sites (tertiary alicyclic amines) is 1. The van der Waals surface area contributed by atoms with Gasteiger partial charge in [-0.2, -0.15) is 0 Å². The van der Waals surface area contributed by atoms with E-state index in [9.17, 15) is 5.11 Å². The maximum atomic E-state index is 9.55. The number of nitrogens with zero attached hydrogens (tertiary/aromatic N) is 1. The molecule has 0 aromatic carbocycles. The summed E-state index contributed by atoms with van der Waals surface area (Å²) in [6.45, 7) is 4.60. The van der Waals surface area contributed by atoms with Crippen molar-refractivity contribution in [1.29, 1.82) is 0 Å². The van der Waals surface area contributed by atoms with E-state index in [0.29, 0.717) is 0 Å². The molecule has 1 saturated heterocycles. The topological polar surface area (TPSA) is 23.5 Å². The number of aliphatic hydroxyl groups excluding tert-OH is 1. The van der Waals surface area contributed by atoms with Crippen LogP contribution in [0.4, 0.5) is 0 Å². The molecule has 2 heteroatoms. The van der Waals surface area contributed by atoms with E-state index >= 15 is 0 Å². The van der Waals surface area contributed by atoms with Crippen molar-refractivity contribution in [3.8, 4) is 0 Å². The Labute approximate surface area is 100 Å². The molecule has 16 heavy (non-hydrogen) atoms. The van der Waals surface area contributed by atoms with E-state index in [-0.39, 0.29) is 6.10 Å². The van der Waals surface area contributed by atoms with Crippen molar-refractivity contribution >= 4 is 0 Å². The van der Waals surface area contributed by atoms with E-state index in [0.717, 1.165) is 24.8 Å². The minimum Gasteiger partial charge on any atom is -0.393 e. The molecule has 3 unspecified atom stereocenters. The van der Waals surface area contributed by atoms with E-state index < -0.39 is 0 Å². The first-order chi connectivity index (χ1) is 7.81. The molecule has 0 aromatic heterocycles. The normalized spacial score (nSPS) is 32.6. The van der Waals surface area contributed by atoms with Gasteiger partial charge in [0.05, 0.1) is 6.10 Å². The second kappa shape index (κ2) is 6.02. The van der Waals surface area contributed by atoms with Gasteiger partial charge >= 0.3 is 0 Å². The van der Waals surface area contributed by atoms with Crippen molar-refractivity contribution in [2.45, 2.75) is 70.4 Å². The first-order valence-electron chi connectivity index (χ1n) is 7.23. The molecule has 1 heterocycles. The van der Waals surface area contributed by atoms with Crippen molar-refractivity contribution in [3.63, 3.8) is 0 Å². The predicted molar refractivity (Wildman–Crippen MR) is 67.5 cm³/mol. The number of fused-ring (bicyclic) bond motifs is 1. The summed E-state index contributed by atoms with van der Waals surface area (Å²) < 4.78 is 0. The summed E-state index contributed by atoms with van der Waals surface area (Å²) in [5, 5.41) is 9.55. The van der Waals surface area contributed by atoms with Gasteiger partial charge in [0.15, 0.2) is 0 Å². The Balaban J connectivity index is 1.69. The Bertz CT molecular complexity index is 207. The van der Waals surface area contributed by atoms with E-state index in [4.69, 9.17) is 0 Å². The van der Waals surface area contributed by atoms with E-state index in [1.54, 1.807) is 0 Å². The number of aliphatic hydroxyl groups is 1. The molecule has 2 nitrogen and oxygen atoms in total. The zero-order valence-electron chi connectivity index (χ0n) is 10.7. The fourth-order valence-corrected chi connectivity index (χ4v) is 3.51. The molecule has 94 valence electrons. The Morgan fingerprint density at radius 1 is 1.25 bits per heavy atom. The van der Waals surface area contributed by atoms with Gasteiger partial charge in [-0.25, -0.2) is 0 Å². The van der Waals surface area contributed by atoms with Crippen molar-refractivity contribution in [2.24, 2.45) is 5.92 Å². The molecular weight excluding hydrogens is 198 g/mol. The molecule has 0 bridgehead atoms. The smallest absolute Gasteiger partial charge is 0.0538 e. The summed E-state index contributed by atoms with van der Waals surface area (Å²) in [4.78, 5) is 2.70. The van der Waals surface area contributed by atoms with Crippen LogP contribution in [0.2, 0.25) is 0 Å². The highest BCUT2D eigenvalue weighted by Gasteiger charge is 2.34. The van der Waals surface area contributed by atoms with Gasteiger partial charge in [-0.1, -0.05) is 19.8 Å². The average molecular weight is 225 g/mol. The third-order valence-electron chi connectivity index (χ3n) is 4.58. The molecule has 0 spiro atoms. The van der Waals surface area contributed by atoms with Crippen molar-refractivity contribution < 1.29 is 5.11 Å². The molecule has 1 N–H and O–H groups in total. The van der Waals surface area contributed by atoms with Crippen LogP contribution in [0.5, 0.6) is 0 Å². The first kappa shape index (κ1) is 12.4. The largest absolute Gasteiger partial charge is 0.393 e. The van der Waals surface area contributed by atoms with Gasteiger partial charge in [-0.15, -0.1) is 0 Å². The molecule has 2 rings (SSSR count). The minimum absolute atomic E-state index is 0.0650. The first-order valence-corrected chi connectivity index (χ1v) is 7.23. The van der Waals surface area contributed by atoms with E-state index in [2.05, 4.69) is 11.8 Å². The van der Waals surface area contributed by atoms with Crippen LogP contribution in [-0.4, -0.2) is 35.2 Å². The Morgan fingerprint density at radius 2 is 2.06 bits per heavy atom. The standard InChI is InChI=1S/C14H27NO/c1-2-13(16)7-5-10-15-11-9-12-6-3-4-8-14(12)15/h12-14,16H,2-11H2,1H3. The summed E-state index contributed by atoms with van der Waals surface area (Å²) in [6, 6.07) is 0.896. The lowest BCUT2D eigenvalue weighted by Gasteiger charge is -2.31. The Hall–Kier alpha value is -0.0800. The van der Waals surface area contributed by atoms with Crippen LogP contribution >= 0.6 is 0 Å². The molecule has 1 aliphatic carbocycles. The van der Waals surface area contributed by atoms with Crippen LogP contribution in [-0.2, 0) is 0 Å². The van der Waals surface area contributed by atoms with Gasteiger partial charge in [0, 0.05) is 6.04 Å². The van der Waals surface area contributed by atoms with Gasteiger partial charge in [-0.3, -0.25) is 0 Å². The fourth-order valence-electron chi connectivity index (χ4n) is 3.51. The third-order valence-corrected chi connectivity index (χ3v) is 4.58. The fraction of sp³-hybridized carbons (Fsp3) is 1.00. The maximum Gasteiger partial charge on any atom is 0.0538 e. The third kappa shape index (κ3) is 2.98. The summed E-state index contributed by atoms with van der Waals surface area (Å²) in [5.41, 5.74) is 0. The molecule has 0 aromatic rings. The zero-order chi connectivity index (χ0) is 11.4. The summed E-state index contributed by atoms with van der Waals surface area (Å²) in [5.74, 6) is 1.00. The number of rotatable bonds is 5. The second-order valence-electron chi connectivity index (χ2n) is 5.64. The molecule has 2 fully saturated rings. The SMILES string of the molecule is CCC(O)CCCN1CCC2CCCCC21. The summed E-state index contributed by atoms with van der Waals surface area (Å²) in [6.07, 6.45) is 10.2. The van der Waals surface area contributed by atoms with Crippen LogP contribution in [0.15, 0.2) is 0 Å². The monoisotopic (exact) mass is 225 g/mol. The molecule has 0 radical (unpaired) electrons. The molecule has 3 atom stereocenters. The van der Waals surface area contributed by atoms with Crippen LogP contribution in [0.3, 0.4) is 0 Å². The van der Waals surface area contributed by atoms with Gasteiger partial charge in [0.2, 0.25) is 0 Å². The molecule has 1 aliphatic heterocycles. The molecule has 2 aliphatic rings. The zero-order valence-corrected chi connectivity index (χ0v) is 10.7. The minimum atomic E-state index is -0.0650. The molecule has 1 saturated carbocycles. The molecule has 0 amide bonds. The van der Waals surface area contributed by atoms with Crippen LogP contribution in [0.25, 0.3) is 0 Å². The van der Waals surface area contributed by atoms with Crippen LogP contribution < -0.4 is 0 Å². The van der Waals surface area contributed by atoms with E-state index in [1.807, 2.05) is 0 Å². The van der Waals surface area contributed by atoms with Gasteiger partial charge < -0.3 is 10.0 Å². The highest BCUT2D eigenvalue weighted by atomic mass is 16.3. The van der Waals surface area contributed by atoms with Gasteiger partial charge in [0.25, 0.3) is 0 Å². The Kier molecular flexibility index (Phi) is 4.66. The molecular formula is C14H27NO. The maximum absolute atomic E-state index is 9.55. The summed E-state index contributed by atoms with van der Waals surface area (Å²) >= 11 is 0. The lowest BCUT2D eigenvalue weighted by atomic mass is 9.85. The number of hydrogen-bond donors (Lipinski definition) is 1. The van der Waals surface area contributed by atoms with Crippen LogP contribution in [0.1, 0.15) is 58.3 Å². The quantitative estimate of drug-likeness (QED) is 0.777. The average Bonchev–Trinajstić information content (AvgIpc) is 2.73. The van der Waals surface area contributed by atoms with Crippen molar-refractivity contribution in [2.75, 3.05) is 13.1 Å². The lowest BCUT2D eigenvalue weighted by molar-refractivity contribution is 0.138. The summed E-state index contributed by atoms with van der Waals surface area (Å²) in [7, 11) is 0. The highest BCUT2D eigenvalue weighted by molar-refractivity contribution is 4.89. The van der Waals surface area contributed by atoms with Gasteiger partial charge in [-0.05, 0) is 57.5 Å². The number of hydrogen-bond acceptors (Lipinski definition) is 2. The van der Waals surface area contributed by atoms with Crippen LogP contribution in [0, 0.1) is 5.92 Å².